The maximum Gasteiger partial charge on any atom is 0.224 e. The normalized spacial score (nSPS) is 17.1. The zero-order chi connectivity index (χ0) is 14.4. The van der Waals surface area contributed by atoms with Crippen molar-refractivity contribution in [3.8, 4) is 0 Å². The Morgan fingerprint density at radius 1 is 1.15 bits per heavy atom. The van der Waals surface area contributed by atoms with Gasteiger partial charge < -0.3 is 10.2 Å². The SMILES string of the molecule is Cc1ccc(CC(=O)NCCN2CCN(C)CC2)cc1. The van der Waals surface area contributed by atoms with E-state index in [4.69, 9.17) is 0 Å². The number of aryl methyl sites for hydroxylation is 1. The van der Waals surface area contributed by atoms with E-state index in [2.05, 4.69) is 29.1 Å². The third kappa shape index (κ3) is 4.94. The molecule has 20 heavy (non-hydrogen) atoms. The van der Waals surface area contributed by atoms with Gasteiger partial charge in [-0.15, -0.1) is 0 Å². The average molecular weight is 275 g/mol. The molecule has 1 fully saturated rings. The minimum atomic E-state index is 0.114. The summed E-state index contributed by atoms with van der Waals surface area (Å²) in [6.07, 6.45) is 0.475. The van der Waals surface area contributed by atoms with Crippen LogP contribution in [0.25, 0.3) is 0 Å². The van der Waals surface area contributed by atoms with Crippen LogP contribution in [-0.2, 0) is 11.2 Å². The third-order valence-corrected chi connectivity index (χ3v) is 3.83. The van der Waals surface area contributed by atoms with Crippen molar-refractivity contribution in [2.24, 2.45) is 0 Å². The second-order valence-corrected chi connectivity index (χ2v) is 5.66. The number of benzene rings is 1. The van der Waals surface area contributed by atoms with E-state index in [1.807, 2.05) is 24.3 Å². The molecule has 1 heterocycles. The first-order valence-electron chi connectivity index (χ1n) is 7.36. The van der Waals surface area contributed by atoms with Crippen LogP contribution in [0.15, 0.2) is 24.3 Å². The van der Waals surface area contributed by atoms with Crippen LogP contribution in [0, 0.1) is 6.92 Å². The zero-order valence-corrected chi connectivity index (χ0v) is 12.6. The van der Waals surface area contributed by atoms with Crippen LogP contribution in [0.4, 0.5) is 0 Å². The van der Waals surface area contributed by atoms with E-state index in [0.29, 0.717) is 6.42 Å². The van der Waals surface area contributed by atoms with Crippen molar-refractivity contribution < 1.29 is 4.79 Å². The number of amides is 1. The lowest BCUT2D eigenvalue weighted by molar-refractivity contribution is -0.120. The first-order chi connectivity index (χ1) is 9.63. The fourth-order valence-electron chi connectivity index (χ4n) is 2.38. The van der Waals surface area contributed by atoms with Gasteiger partial charge in [-0.3, -0.25) is 9.69 Å². The van der Waals surface area contributed by atoms with Crippen molar-refractivity contribution in [2.75, 3.05) is 46.3 Å². The van der Waals surface area contributed by atoms with Crippen LogP contribution in [0.5, 0.6) is 0 Å². The van der Waals surface area contributed by atoms with Gasteiger partial charge in [0.2, 0.25) is 5.91 Å². The van der Waals surface area contributed by atoms with E-state index in [1.54, 1.807) is 0 Å². The Labute approximate surface area is 121 Å². The van der Waals surface area contributed by atoms with Crippen LogP contribution >= 0.6 is 0 Å². The van der Waals surface area contributed by atoms with Gasteiger partial charge in [0.25, 0.3) is 0 Å². The molecular weight excluding hydrogens is 250 g/mol. The molecule has 0 unspecified atom stereocenters. The zero-order valence-electron chi connectivity index (χ0n) is 12.6. The summed E-state index contributed by atoms with van der Waals surface area (Å²) >= 11 is 0. The van der Waals surface area contributed by atoms with Crippen molar-refractivity contribution in [1.29, 1.82) is 0 Å². The molecule has 1 aliphatic heterocycles. The Morgan fingerprint density at radius 3 is 2.45 bits per heavy atom. The van der Waals surface area contributed by atoms with Gasteiger partial charge in [-0.25, -0.2) is 0 Å². The van der Waals surface area contributed by atoms with Gasteiger partial charge in [-0.1, -0.05) is 29.8 Å². The maximum absolute atomic E-state index is 11.9. The smallest absolute Gasteiger partial charge is 0.224 e. The van der Waals surface area contributed by atoms with Crippen LogP contribution in [0.3, 0.4) is 0 Å². The maximum atomic E-state index is 11.9. The third-order valence-electron chi connectivity index (χ3n) is 3.83. The standard InChI is InChI=1S/C16H25N3O/c1-14-3-5-15(6-4-14)13-16(20)17-7-8-19-11-9-18(2)10-12-19/h3-6H,7-13H2,1-2H3,(H,17,20). The van der Waals surface area contributed by atoms with Crippen molar-refractivity contribution in [3.63, 3.8) is 0 Å². The highest BCUT2D eigenvalue weighted by atomic mass is 16.1. The molecular formula is C16H25N3O. The predicted molar refractivity (Wildman–Crippen MR) is 81.8 cm³/mol. The molecule has 1 aliphatic rings. The number of carbonyl (C=O) groups is 1. The predicted octanol–water partition coefficient (Wildman–Crippen LogP) is 0.901. The van der Waals surface area contributed by atoms with Crippen LogP contribution in [-0.4, -0.2) is 62.0 Å². The molecule has 4 heteroatoms. The molecule has 0 aliphatic carbocycles. The number of nitrogens with zero attached hydrogens (tertiary/aromatic N) is 2. The summed E-state index contributed by atoms with van der Waals surface area (Å²) in [5, 5.41) is 3.01. The molecule has 1 amide bonds. The van der Waals surface area contributed by atoms with Gasteiger partial charge in [0, 0.05) is 39.3 Å². The van der Waals surface area contributed by atoms with Gasteiger partial charge in [-0.05, 0) is 19.5 Å². The van der Waals surface area contributed by atoms with E-state index in [1.165, 1.54) is 5.56 Å². The fourth-order valence-corrected chi connectivity index (χ4v) is 2.38. The first kappa shape index (κ1) is 15.0. The first-order valence-corrected chi connectivity index (χ1v) is 7.36. The second kappa shape index (κ2) is 7.41. The summed E-state index contributed by atoms with van der Waals surface area (Å²) in [4.78, 5) is 16.6. The quantitative estimate of drug-likeness (QED) is 0.867. The monoisotopic (exact) mass is 275 g/mol. The number of hydrogen-bond acceptors (Lipinski definition) is 3. The summed E-state index contributed by atoms with van der Waals surface area (Å²) in [5.41, 5.74) is 2.30. The van der Waals surface area contributed by atoms with Crippen LogP contribution in [0.1, 0.15) is 11.1 Å². The van der Waals surface area contributed by atoms with Gasteiger partial charge in [0.05, 0.1) is 6.42 Å². The summed E-state index contributed by atoms with van der Waals surface area (Å²) in [7, 11) is 2.15. The lowest BCUT2D eigenvalue weighted by atomic mass is 10.1. The average Bonchev–Trinajstić information content (AvgIpc) is 2.44. The van der Waals surface area contributed by atoms with Crippen molar-refractivity contribution >= 4 is 5.91 Å². The highest BCUT2D eigenvalue weighted by molar-refractivity contribution is 5.78. The molecule has 0 aromatic heterocycles. The Hall–Kier alpha value is -1.39. The molecule has 0 atom stereocenters. The molecule has 0 spiro atoms. The molecule has 110 valence electrons. The van der Waals surface area contributed by atoms with Gasteiger partial charge >= 0.3 is 0 Å². The number of piperazine rings is 1. The minimum absolute atomic E-state index is 0.114. The van der Waals surface area contributed by atoms with Crippen LogP contribution in [0.2, 0.25) is 0 Å². The van der Waals surface area contributed by atoms with Gasteiger partial charge in [0.1, 0.15) is 0 Å². The summed E-state index contributed by atoms with van der Waals surface area (Å²) in [5.74, 6) is 0.114. The lowest BCUT2D eigenvalue weighted by Gasteiger charge is -2.32. The van der Waals surface area contributed by atoms with Gasteiger partial charge in [-0.2, -0.15) is 0 Å². The molecule has 0 radical (unpaired) electrons. The molecule has 2 rings (SSSR count). The number of likely N-dealkylation sites (N-methyl/N-ethyl adjacent to an activating group) is 1. The van der Waals surface area contributed by atoms with E-state index in [9.17, 15) is 4.79 Å². The second-order valence-electron chi connectivity index (χ2n) is 5.66. The molecule has 1 saturated heterocycles. The van der Waals surface area contributed by atoms with Crippen LogP contribution < -0.4 is 5.32 Å². The summed E-state index contributed by atoms with van der Waals surface area (Å²) in [6.45, 7) is 8.20. The molecule has 1 aromatic rings. The largest absolute Gasteiger partial charge is 0.355 e. The number of hydrogen-bond donors (Lipinski definition) is 1. The Bertz CT molecular complexity index is 422. The van der Waals surface area contributed by atoms with Crippen molar-refractivity contribution in [3.05, 3.63) is 35.4 Å². The summed E-state index contributed by atoms with van der Waals surface area (Å²) in [6, 6.07) is 8.14. The molecule has 0 saturated carbocycles. The van der Waals surface area contributed by atoms with Crippen molar-refractivity contribution in [1.82, 2.24) is 15.1 Å². The molecule has 0 bridgehead atoms. The fraction of sp³-hybridized carbons (Fsp3) is 0.562. The Balaban J connectivity index is 1.64. The summed E-state index contributed by atoms with van der Waals surface area (Å²) < 4.78 is 0. The number of nitrogens with one attached hydrogen (secondary N) is 1. The van der Waals surface area contributed by atoms with Crippen molar-refractivity contribution in [2.45, 2.75) is 13.3 Å². The van der Waals surface area contributed by atoms with E-state index < -0.39 is 0 Å². The molecule has 1 aromatic carbocycles. The Morgan fingerprint density at radius 2 is 1.80 bits per heavy atom. The highest BCUT2D eigenvalue weighted by Gasteiger charge is 2.13. The number of carbonyl (C=O) groups excluding carboxylic acids is 1. The van der Waals surface area contributed by atoms with E-state index >= 15 is 0 Å². The lowest BCUT2D eigenvalue weighted by Crippen LogP contribution is -2.47. The van der Waals surface area contributed by atoms with E-state index in [0.717, 1.165) is 44.8 Å². The van der Waals surface area contributed by atoms with Gasteiger partial charge in [0.15, 0.2) is 0 Å². The molecule has 1 N–H and O–H groups in total. The molecule has 4 nitrogen and oxygen atoms in total. The Kier molecular flexibility index (Phi) is 5.56. The minimum Gasteiger partial charge on any atom is -0.355 e. The van der Waals surface area contributed by atoms with E-state index in [-0.39, 0.29) is 5.91 Å². The highest BCUT2D eigenvalue weighted by Crippen LogP contribution is 2.03. The topological polar surface area (TPSA) is 35.6 Å². The number of rotatable bonds is 5.